The standard InChI is InChI=1S/C34H20N4O6.C34H24N4O2/c39-37(40)29-19-21(35-25-9-1-5-13-31(25)43-32-14-6-2-10-26(32)35)17-23-24(29)18-22(20-30(23)38(41)42)36-27-11-3-7-15-33(27)44-34-16-8-4-12-28(34)36;35-25-19-21(37-27-9-1-5-13-31(27)39-32-14-6-2-10-28(32)37)17-23-24(25)18-22(20-26(23)36)38-29-11-3-7-15-33(29)40-34-16-8-4-12-30(34)38/h1-20H;1-20H,35-36H2. The van der Waals surface area contributed by atoms with Gasteiger partial charge >= 0.3 is 0 Å². The van der Waals surface area contributed by atoms with Gasteiger partial charge in [-0.1, -0.05) is 97.1 Å². The number of hydrogen-bond donors (Lipinski definition) is 2. The van der Waals surface area contributed by atoms with Crippen molar-refractivity contribution < 1.29 is 28.8 Å². The Morgan fingerprint density at radius 1 is 0.274 bits per heavy atom. The maximum Gasteiger partial charge on any atom is 0.279 e. The molecular formula is C68H44N8O8. The molecule has 0 radical (unpaired) electrons. The van der Waals surface area contributed by atoms with E-state index in [1.165, 1.54) is 12.1 Å². The first-order valence-corrected chi connectivity index (χ1v) is 26.8. The SMILES string of the molecule is Nc1cc(N2c3ccccc3Oc3ccccc32)cc2c(N)cc(N3c4ccccc4Oc4ccccc43)cc12.O=[N+]([O-])c1cc(N2c3ccccc3Oc3ccccc32)cc2c([N+](=O)[O-])cc(N3c4ccccc4Oc4ccccc43)cc12. The van der Waals surface area contributed by atoms with Gasteiger partial charge in [0.2, 0.25) is 0 Å². The molecule has 0 aliphatic carbocycles. The highest BCUT2D eigenvalue weighted by molar-refractivity contribution is 6.08. The Balaban J connectivity index is 0.000000144. The fraction of sp³-hybridized carbons (Fsp3) is 0. The van der Waals surface area contributed by atoms with Crippen LogP contribution in [-0.4, -0.2) is 9.85 Å². The Hall–Kier alpha value is -12.0. The summed E-state index contributed by atoms with van der Waals surface area (Å²) in [5.74, 6) is 5.38. The normalized spacial score (nSPS) is 12.9. The third kappa shape index (κ3) is 8.00. The van der Waals surface area contributed by atoms with E-state index in [4.69, 9.17) is 30.4 Å². The molecule has 404 valence electrons. The fourth-order valence-electron chi connectivity index (χ4n) is 11.6. The molecule has 0 aromatic heterocycles. The summed E-state index contributed by atoms with van der Waals surface area (Å²) in [4.78, 5) is 32.3. The van der Waals surface area contributed by atoms with Crippen molar-refractivity contribution in [3.8, 4) is 46.0 Å². The summed E-state index contributed by atoms with van der Waals surface area (Å²) >= 11 is 0. The van der Waals surface area contributed by atoms with Crippen LogP contribution in [0.4, 0.5) is 91.0 Å². The first kappa shape index (κ1) is 49.0. The average molecular weight is 1100 g/mol. The van der Waals surface area contributed by atoms with Crippen molar-refractivity contribution in [2.24, 2.45) is 0 Å². The molecule has 0 saturated carbocycles. The molecule has 0 bridgehead atoms. The zero-order valence-corrected chi connectivity index (χ0v) is 44.2. The van der Waals surface area contributed by atoms with Gasteiger partial charge in [0.25, 0.3) is 11.4 Å². The molecule has 4 N–H and O–H groups in total. The lowest BCUT2D eigenvalue weighted by Gasteiger charge is -2.34. The molecule has 0 amide bonds. The second-order valence-corrected chi connectivity index (χ2v) is 20.2. The van der Waals surface area contributed by atoms with Gasteiger partial charge < -0.3 is 50.0 Å². The van der Waals surface area contributed by atoms with E-state index in [-0.39, 0.29) is 22.1 Å². The molecule has 16 heteroatoms. The quantitative estimate of drug-likeness (QED) is 0.0909. The van der Waals surface area contributed by atoms with Gasteiger partial charge in [-0.2, -0.15) is 0 Å². The lowest BCUT2D eigenvalue weighted by Crippen LogP contribution is -2.17. The zero-order valence-electron chi connectivity index (χ0n) is 44.2. The number of nitrogens with two attached hydrogens (primary N) is 2. The number of benzene rings is 12. The summed E-state index contributed by atoms with van der Waals surface area (Å²) in [7, 11) is 0. The average Bonchev–Trinajstić information content (AvgIpc) is 2.44. The van der Waals surface area contributed by atoms with Crippen LogP contribution in [0.15, 0.2) is 243 Å². The maximum absolute atomic E-state index is 12.7. The van der Waals surface area contributed by atoms with E-state index >= 15 is 0 Å². The minimum Gasteiger partial charge on any atom is -0.453 e. The number of nitro benzene ring substituents is 2. The zero-order chi connectivity index (χ0) is 56.7. The Bertz CT molecular complexity index is 4270. The van der Waals surface area contributed by atoms with Gasteiger partial charge in [0.1, 0.15) is 0 Å². The summed E-state index contributed by atoms with van der Waals surface area (Å²) < 4.78 is 24.6. The topological polar surface area (TPSA) is 188 Å². The lowest BCUT2D eigenvalue weighted by atomic mass is 10.0. The number of nitro groups is 2. The minimum atomic E-state index is -0.501. The van der Waals surface area contributed by atoms with Crippen molar-refractivity contribution in [1.29, 1.82) is 0 Å². The number of hydrogen-bond acceptors (Lipinski definition) is 14. The van der Waals surface area contributed by atoms with Crippen LogP contribution >= 0.6 is 0 Å². The first-order chi connectivity index (χ1) is 41.1. The van der Waals surface area contributed by atoms with Gasteiger partial charge in [0.05, 0.1) is 77.5 Å². The Morgan fingerprint density at radius 3 is 0.679 bits per heavy atom. The van der Waals surface area contributed by atoms with Crippen molar-refractivity contribution >= 4 is 113 Å². The van der Waals surface area contributed by atoms with Crippen molar-refractivity contribution in [2.45, 2.75) is 0 Å². The van der Waals surface area contributed by atoms with E-state index in [1.807, 2.05) is 192 Å². The van der Waals surface area contributed by atoms with E-state index in [2.05, 4.69) is 21.9 Å². The van der Waals surface area contributed by atoms with E-state index < -0.39 is 9.85 Å². The Morgan fingerprint density at radius 2 is 0.464 bits per heavy atom. The highest BCUT2D eigenvalue weighted by atomic mass is 16.6. The number of nitrogens with zero attached hydrogens (tertiary/aromatic N) is 6. The number of fused-ring (bicyclic) bond motifs is 10. The molecule has 12 aromatic carbocycles. The highest BCUT2D eigenvalue weighted by Crippen LogP contribution is 2.57. The molecule has 16 rings (SSSR count). The second kappa shape index (κ2) is 19.4. The highest BCUT2D eigenvalue weighted by Gasteiger charge is 2.34. The summed E-state index contributed by atoms with van der Waals surface area (Å²) in [6, 6.07) is 75.7. The maximum atomic E-state index is 12.7. The first-order valence-electron chi connectivity index (χ1n) is 26.8. The molecular weight excluding hydrogens is 1060 g/mol. The van der Waals surface area contributed by atoms with E-state index in [0.717, 1.165) is 67.9 Å². The van der Waals surface area contributed by atoms with Gasteiger partial charge in [0, 0.05) is 45.7 Å². The molecule has 4 aliphatic rings. The van der Waals surface area contributed by atoms with E-state index in [9.17, 15) is 20.2 Å². The minimum absolute atomic E-state index is 0.138. The van der Waals surface area contributed by atoms with Crippen LogP contribution in [-0.2, 0) is 0 Å². The predicted octanol–water partition coefficient (Wildman–Crippen LogP) is 19.0. The van der Waals surface area contributed by atoms with Crippen LogP contribution in [0.1, 0.15) is 0 Å². The van der Waals surface area contributed by atoms with Gasteiger partial charge in [0.15, 0.2) is 46.0 Å². The number of anilines is 14. The number of ether oxygens (including phenoxy) is 4. The van der Waals surface area contributed by atoms with Crippen molar-refractivity contribution in [2.75, 3.05) is 31.1 Å². The van der Waals surface area contributed by atoms with Crippen LogP contribution in [0, 0.1) is 20.2 Å². The van der Waals surface area contributed by atoms with Crippen LogP contribution in [0.5, 0.6) is 46.0 Å². The summed E-state index contributed by atoms with van der Waals surface area (Å²) in [6.45, 7) is 0. The van der Waals surface area contributed by atoms with Gasteiger partial charge in [-0.3, -0.25) is 20.2 Å². The van der Waals surface area contributed by atoms with Crippen LogP contribution in [0.2, 0.25) is 0 Å². The van der Waals surface area contributed by atoms with E-state index in [0.29, 0.717) is 68.5 Å². The van der Waals surface area contributed by atoms with Crippen LogP contribution in [0.25, 0.3) is 21.5 Å². The third-order valence-electron chi connectivity index (χ3n) is 15.3. The molecule has 0 unspecified atom stereocenters. The largest absolute Gasteiger partial charge is 0.453 e. The van der Waals surface area contributed by atoms with Crippen molar-refractivity contribution in [3.63, 3.8) is 0 Å². The molecule has 4 heterocycles. The Labute approximate surface area is 479 Å². The van der Waals surface area contributed by atoms with E-state index in [1.54, 1.807) is 36.4 Å². The smallest absolute Gasteiger partial charge is 0.279 e. The second-order valence-electron chi connectivity index (χ2n) is 20.2. The van der Waals surface area contributed by atoms with Crippen LogP contribution < -0.4 is 50.0 Å². The summed E-state index contributed by atoms with van der Waals surface area (Å²) in [6.07, 6.45) is 0. The molecule has 0 fully saturated rings. The van der Waals surface area contributed by atoms with Gasteiger partial charge in [-0.15, -0.1) is 0 Å². The molecule has 12 aromatic rings. The predicted molar refractivity (Wildman–Crippen MR) is 329 cm³/mol. The molecule has 4 aliphatic heterocycles. The van der Waals surface area contributed by atoms with Crippen molar-refractivity contribution in [3.05, 3.63) is 263 Å². The molecule has 16 nitrogen and oxygen atoms in total. The summed E-state index contributed by atoms with van der Waals surface area (Å²) in [5.41, 5.74) is 23.3. The molecule has 84 heavy (non-hydrogen) atoms. The van der Waals surface area contributed by atoms with Crippen LogP contribution in [0.3, 0.4) is 0 Å². The monoisotopic (exact) mass is 1100 g/mol. The molecule has 0 atom stereocenters. The lowest BCUT2D eigenvalue weighted by molar-refractivity contribution is -0.384. The molecule has 0 spiro atoms. The number of rotatable bonds is 6. The van der Waals surface area contributed by atoms with Crippen molar-refractivity contribution in [1.82, 2.24) is 0 Å². The number of nitrogen functional groups attached to an aromatic ring is 2. The molecule has 0 saturated heterocycles. The number of para-hydroxylation sites is 16. The van der Waals surface area contributed by atoms with Gasteiger partial charge in [-0.05, 0) is 133 Å². The fourth-order valence-corrected chi connectivity index (χ4v) is 11.6. The van der Waals surface area contributed by atoms with Gasteiger partial charge in [-0.25, -0.2) is 0 Å². The summed E-state index contributed by atoms with van der Waals surface area (Å²) in [5, 5.41) is 27.4. The number of non-ortho nitro benzene ring substituents is 2. The third-order valence-corrected chi connectivity index (χ3v) is 15.3. The Kier molecular flexibility index (Phi) is 11.3.